The quantitative estimate of drug-likeness (QED) is 0.499. The maximum absolute atomic E-state index is 5.82. The van der Waals surface area contributed by atoms with E-state index >= 15 is 0 Å². The van der Waals surface area contributed by atoms with E-state index in [0.29, 0.717) is 12.0 Å². The molecule has 13 heavy (non-hydrogen) atoms. The molecule has 74 valence electrons. The lowest BCUT2D eigenvalue weighted by Gasteiger charge is -2.25. The van der Waals surface area contributed by atoms with E-state index in [-0.39, 0.29) is 5.54 Å². The fourth-order valence-electron chi connectivity index (χ4n) is 2.02. The Kier molecular flexibility index (Phi) is 2.18. The lowest BCUT2D eigenvalue weighted by Crippen LogP contribution is -2.47. The van der Waals surface area contributed by atoms with Gasteiger partial charge in [0.25, 0.3) is 0 Å². The van der Waals surface area contributed by atoms with Crippen molar-refractivity contribution in [3.8, 4) is 0 Å². The number of hydrogen-bond donors (Lipinski definition) is 2. The van der Waals surface area contributed by atoms with Gasteiger partial charge in [0.1, 0.15) is 0 Å². The summed E-state index contributed by atoms with van der Waals surface area (Å²) in [5.41, 5.74) is 6.04. The molecule has 0 heterocycles. The molecule has 2 saturated carbocycles. The van der Waals surface area contributed by atoms with Crippen LogP contribution in [0.4, 0.5) is 0 Å². The highest BCUT2D eigenvalue weighted by Crippen LogP contribution is 2.29. The minimum absolute atomic E-state index is 0.225. The van der Waals surface area contributed by atoms with Crippen molar-refractivity contribution < 1.29 is 0 Å². The molecule has 3 N–H and O–H groups in total. The third kappa shape index (κ3) is 2.36. The molecule has 0 aliphatic heterocycles. The Balaban J connectivity index is 1.87. The van der Waals surface area contributed by atoms with E-state index in [4.69, 9.17) is 5.73 Å². The van der Waals surface area contributed by atoms with Crippen LogP contribution >= 0.6 is 0 Å². The van der Waals surface area contributed by atoms with Gasteiger partial charge in [-0.05, 0) is 32.6 Å². The van der Waals surface area contributed by atoms with Crippen LogP contribution < -0.4 is 11.1 Å². The third-order valence-corrected chi connectivity index (χ3v) is 3.01. The van der Waals surface area contributed by atoms with Crippen molar-refractivity contribution in [3.05, 3.63) is 0 Å². The van der Waals surface area contributed by atoms with E-state index in [1.807, 2.05) is 0 Å². The summed E-state index contributed by atoms with van der Waals surface area (Å²) in [6.07, 6.45) is 7.54. The predicted octanol–water partition coefficient (Wildman–Crippen LogP) is 1.39. The standard InChI is InChI=1S/C10H19N3/c1-10(6-2-3-7-10)13-9(11)12-8-4-5-8/h8H,2-7H2,1H3,(H3,11,12,13). The van der Waals surface area contributed by atoms with Gasteiger partial charge in [0.15, 0.2) is 5.96 Å². The highest BCUT2D eigenvalue weighted by molar-refractivity contribution is 5.79. The average Bonchev–Trinajstić information content (AvgIpc) is 2.74. The fraction of sp³-hybridized carbons (Fsp3) is 0.900. The van der Waals surface area contributed by atoms with Crippen LogP contribution in [-0.2, 0) is 0 Å². The maximum atomic E-state index is 5.82. The van der Waals surface area contributed by atoms with Gasteiger partial charge in [0, 0.05) is 5.54 Å². The third-order valence-electron chi connectivity index (χ3n) is 3.01. The molecule has 0 aromatic heterocycles. The van der Waals surface area contributed by atoms with Crippen molar-refractivity contribution in [2.24, 2.45) is 10.7 Å². The Labute approximate surface area is 79.8 Å². The molecule has 0 radical (unpaired) electrons. The van der Waals surface area contributed by atoms with Crippen molar-refractivity contribution in [2.75, 3.05) is 0 Å². The second-order valence-electron chi connectivity index (χ2n) is 4.64. The van der Waals surface area contributed by atoms with Crippen molar-refractivity contribution in [2.45, 2.75) is 57.0 Å². The first-order valence-corrected chi connectivity index (χ1v) is 5.29. The zero-order valence-electron chi connectivity index (χ0n) is 8.34. The highest BCUT2D eigenvalue weighted by Gasteiger charge is 2.29. The van der Waals surface area contributed by atoms with E-state index < -0.39 is 0 Å². The molecule has 2 fully saturated rings. The predicted molar refractivity (Wildman–Crippen MR) is 54.7 cm³/mol. The largest absolute Gasteiger partial charge is 0.370 e. The number of aliphatic imine (C=N–C) groups is 1. The Morgan fingerprint density at radius 3 is 2.54 bits per heavy atom. The van der Waals surface area contributed by atoms with Crippen LogP contribution in [0.15, 0.2) is 4.99 Å². The van der Waals surface area contributed by atoms with Gasteiger partial charge in [-0.2, -0.15) is 0 Å². The highest BCUT2D eigenvalue weighted by atomic mass is 15.2. The number of hydrogen-bond acceptors (Lipinski definition) is 1. The molecule has 0 unspecified atom stereocenters. The minimum atomic E-state index is 0.225. The molecule has 0 atom stereocenters. The molecular weight excluding hydrogens is 162 g/mol. The summed E-state index contributed by atoms with van der Waals surface area (Å²) in [4.78, 5) is 4.38. The van der Waals surface area contributed by atoms with Crippen LogP contribution in [-0.4, -0.2) is 17.5 Å². The van der Waals surface area contributed by atoms with Gasteiger partial charge in [0.05, 0.1) is 6.04 Å². The molecule has 0 spiro atoms. The Bertz CT molecular complexity index is 212. The number of nitrogens with two attached hydrogens (primary N) is 1. The summed E-state index contributed by atoms with van der Waals surface area (Å²) in [5.74, 6) is 0.659. The zero-order chi connectivity index (χ0) is 9.31. The van der Waals surface area contributed by atoms with E-state index in [1.54, 1.807) is 0 Å². The Morgan fingerprint density at radius 1 is 1.38 bits per heavy atom. The molecule has 0 amide bonds. The van der Waals surface area contributed by atoms with E-state index in [1.165, 1.54) is 38.5 Å². The van der Waals surface area contributed by atoms with Gasteiger partial charge < -0.3 is 11.1 Å². The minimum Gasteiger partial charge on any atom is -0.370 e. The molecule has 2 aliphatic rings. The molecule has 0 saturated heterocycles. The van der Waals surface area contributed by atoms with E-state index in [0.717, 1.165) is 0 Å². The Morgan fingerprint density at radius 2 is 2.00 bits per heavy atom. The zero-order valence-corrected chi connectivity index (χ0v) is 8.34. The van der Waals surface area contributed by atoms with Crippen LogP contribution in [0.5, 0.6) is 0 Å². The van der Waals surface area contributed by atoms with Gasteiger partial charge in [-0.25, -0.2) is 0 Å². The summed E-state index contributed by atoms with van der Waals surface area (Å²) in [5, 5.41) is 3.35. The summed E-state index contributed by atoms with van der Waals surface area (Å²) >= 11 is 0. The fourth-order valence-corrected chi connectivity index (χ4v) is 2.02. The normalized spacial score (nSPS) is 27.6. The lowest BCUT2D eigenvalue weighted by atomic mass is 10.0. The summed E-state index contributed by atoms with van der Waals surface area (Å²) in [7, 11) is 0. The first-order valence-electron chi connectivity index (χ1n) is 5.29. The van der Waals surface area contributed by atoms with Crippen molar-refractivity contribution >= 4 is 5.96 Å². The molecule has 2 rings (SSSR count). The van der Waals surface area contributed by atoms with Crippen LogP contribution in [0.3, 0.4) is 0 Å². The molecule has 2 aliphatic carbocycles. The van der Waals surface area contributed by atoms with Gasteiger partial charge in [-0.15, -0.1) is 0 Å². The lowest BCUT2D eigenvalue weighted by molar-refractivity contribution is 0.429. The Hall–Kier alpha value is -0.730. The number of nitrogens with zero attached hydrogens (tertiary/aromatic N) is 1. The van der Waals surface area contributed by atoms with Gasteiger partial charge in [0.2, 0.25) is 0 Å². The number of guanidine groups is 1. The van der Waals surface area contributed by atoms with E-state index in [2.05, 4.69) is 17.2 Å². The molecular formula is C10H19N3. The van der Waals surface area contributed by atoms with Crippen LogP contribution in [0.2, 0.25) is 0 Å². The SMILES string of the molecule is CC1(NC(N)=NC2CC2)CCCC1. The second kappa shape index (κ2) is 3.20. The van der Waals surface area contributed by atoms with Gasteiger partial charge in [-0.1, -0.05) is 12.8 Å². The molecule has 3 heteroatoms. The smallest absolute Gasteiger partial charge is 0.189 e. The van der Waals surface area contributed by atoms with Crippen molar-refractivity contribution in [1.82, 2.24) is 5.32 Å². The molecule has 0 bridgehead atoms. The van der Waals surface area contributed by atoms with Crippen molar-refractivity contribution in [1.29, 1.82) is 0 Å². The van der Waals surface area contributed by atoms with Gasteiger partial charge >= 0.3 is 0 Å². The summed E-state index contributed by atoms with van der Waals surface area (Å²) in [6, 6.07) is 0.525. The van der Waals surface area contributed by atoms with Crippen LogP contribution in [0.1, 0.15) is 45.4 Å². The molecule has 0 aromatic carbocycles. The van der Waals surface area contributed by atoms with E-state index in [9.17, 15) is 0 Å². The molecule has 3 nitrogen and oxygen atoms in total. The monoisotopic (exact) mass is 181 g/mol. The average molecular weight is 181 g/mol. The first-order chi connectivity index (χ1) is 6.18. The van der Waals surface area contributed by atoms with Crippen LogP contribution in [0.25, 0.3) is 0 Å². The summed E-state index contributed by atoms with van der Waals surface area (Å²) in [6.45, 7) is 2.25. The van der Waals surface area contributed by atoms with Gasteiger partial charge in [-0.3, -0.25) is 4.99 Å². The summed E-state index contributed by atoms with van der Waals surface area (Å²) < 4.78 is 0. The first kappa shape index (κ1) is 8.85. The second-order valence-corrected chi connectivity index (χ2v) is 4.64. The molecule has 0 aromatic rings. The van der Waals surface area contributed by atoms with Crippen molar-refractivity contribution in [3.63, 3.8) is 0 Å². The maximum Gasteiger partial charge on any atom is 0.189 e. The van der Waals surface area contributed by atoms with Crippen LogP contribution in [0, 0.1) is 0 Å². The topological polar surface area (TPSA) is 50.4 Å². The number of rotatable bonds is 2. The number of nitrogens with one attached hydrogen (secondary N) is 1.